The summed E-state index contributed by atoms with van der Waals surface area (Å²) in [6.07, 6.45) is 0. The maximum absolute atomic E-state index is 13.4. The topological polar surface area (TPSA) is 66.4 Å². The second-order valence-corrected chi connectivity index (χ2v) is 6.59. The second kappa shape index (κ2) is 5.52. The van der Waals surface area contributed by atoms with Crippen LogP contribution in [0.5, 0.6) is 0 Å². The number of sulfonamides is 1. The van der Waals surface area contributed by atoms with Crippen molar-refractivity contribution in [3.63, 3.8) is 0 Å². The molecule has 0 radical (unpaired) electrons. The highest BCUT2D eigenvalue weighted by Gasteiger charge is 2.30. The van der Waals surface area contributed by atoms with Gasteiger partial charge in [-0.3, -0.25) is 0 Å². The van der Waals surface area contributed by atoms with E-state index in [1.165, 1.54) is 6.92 Å². The summed E-state index contributed by atoms with van der Waals surface area (Å²) >= 11 is 0. The SMILES string of the molecule is CC(C)C(C)(O)CNS(=O)(=O)c1c(F)cccc1F. The highest BCUT2D eigenvalue weighted by atomic mass is 32.2. The fourth-order valence-corrected chi connectivity index (χ4v) is 2.53. The van der Waals surface area contributed by atoms with Crippen molar-refractivity contribution >= 4 is 10.0 Å². The van der Waals surface area contributed by atoms with E-state index in [0.717, 1.165) is 18.2 Å². The largest absolute Gasteiger partial charge is 0.389 e. The van der Waals surface area contributed by atoms with Gasteiger partial charge in [0, 0.05) is 6.54 Å². The maximum atomic E-state index is 13.4. The molecule has 1 atom stereocenters. The number of hydrogen-bond acceptors (Lipinski definition) is 3. The predicted octanol–water partition coefficient (Wildman–Crippen LogP) is 1.65. The van der Waals surface area contributed by atoms with Gasteiger partial charge in [-0.25, -0.2) is 21.9 Å². The molecule has 7 heteroatoms. The third kappa shape index (κ3) is 3.71. The Bertz CT molecular complexity index is 536. The zero-order chi connectivity index (χ0) is 14.8. The molecule has 4 nitrogen and oxygen atoms in total. The minimum atomic E-state index is -4.35. The highest BCUT2D eigenvalue weighted by Crippen LogP contribution is 2.20. The fourth-order valence-electron chi connectivity index (χ4n) is 1.26. The number of nitrogens with one attached hydrogen (secondary N) is 1. The lowest BCUT2D eigenvalue weighted by molar-refractivity contribution is 0.0190. The molecule has 0 amide bonds. The lowest BCUT2D eigenvalue weighted by Gasteiger charge is -2.27. The molecule has 0 fully saturated rings. The molecule has 0 aromatic heterocycles. The first-order valence-electron chi connectivity index (χ1n) is 5.74. The zero-order valence-corrected chi connectivity index (χ0v) is 11.8. The van der Waals surface area contributed by atoms with E-state index >= 15 is 0 Å². The Balaban J connectivity index is 3.01. The van der Waals surface area contributed by atoms with Gasteiger partial charge in [-0.15, -0.1) is 0 Å². The van der Waals surface area contributed by atoms with E-state index in [4.69, 9.17) is 0 Å². The van der Waals surface area contributed by atoms with Crippen LogP contribution in [0.15, 0.2) is 23.1 Å². The van der Waals surface area contributed by atoms with E-state index in [1.807, 2.05) is 4.72 Å². The molecule has 0 saturated carbocycles. The summed E-state index contributed by atoms with van der Waals surface area (Å²) in [7, 11) is -4.35. The van der Waals surface area contributed by atoms with Crippen LogP contribution in [0.3, 0.4) is 0 Å². The van der Waals surface area contributed by atoms with Gasteiger partial charge in [-0.05, 0) is 25.0 Å². The third-order valence-corrected chi connectivity index (χ3v) is 4.50. The summed E-state index contributed by atoms with van der Waals surface area (Å²) in [5.41, 5.74) is -1.31. The van der Waals surface area contributed by atoms with Crippen LogP contribution in [0.25, 0.3) is 0 Å². The smallest absolute Gasteiger partial charge is 0.246 e. The molecule has 1 aromatic rings. The van der Waals surface area contributed by atoms with Gasteiger partial charge in [0.2, 0.25) is 10.0 Å². The lowest BCUT2D eigenvalue weighted by atomic mass is 9.93. The van der Waals surface area contributed by atoms with Crippen LogP contribution in [-0.4, -0.2) is 25.7 Å². The second-order valence-electron chi connectivity index (χ2n) is 4.89. The molecular formula is C12H17F2NO3S. The molecule has 0 aliphatic carbocycles. The van der Waals surface area contributed by atoms with Crippen molar-refractivity contribution in [1.82, 2.24) is 4.72 Å². The van der Waals surface area contributed by atoms with E-state index in [1.54, 1.807) is 13.8 Å². The number of benzene rings is 1. The van der Waals surface area contributed by atoms with E-state index in [-0.39, 0.29) is 12.5 Å². The average Bonchev–Trinajstić information content (AvgIpc) is 2.26. The molecule has 1 aromatic carbocycles. The summed E-state index contributed by atoms with van der Waals surface area (Å²) in [6.45, 7) is 4.52. The Kier molecular flexibility index (Phi) is 4.65. The monoisotopic (exact) mass is 293 g/mol. The first-order chi connectivity index (χ1) is 8.58. The standard InChI is InChI=1S/C12H17F2NO3S/c1-8(2)12(3,16)7-15-19(17,18)11-9(13)5-4-6-10(11)14/h4-6,8,15-16H,7H2,1-3H3. The molecule has 0 bridgehead atoms. The third-order valence-electron chi connectivity index (χ3n) is 3.05. The summed E-state index contributed by atoms with van der Waals surface area (Å²) < 4.78 is 52.5. The molecule has 1 rings (SSSR count). The van der Waals surface area contributed by atoms with Gasteiger partial charge >= 0.3 is 0 Å². The fraction of sp³-hybridized carbons (Fsp3) is 0.500. The first kappa shape index (κ1) is 16.0. The quantitative estimate of drug-likeness (QED) is 0.867. The van der Waals surface area contributed by atoms with Crippen LogP contribution >= 0.6 is 0 Å². The zero-order valence-electron chi connectivity index (χ0n) is 10.9. The normalized spacial score (nSPS) is 15.5. The van der Waals surface area contributed by atoms with E-state index in [0.29, 0.717) is 0 Å². The molecule has 108 valence electrons. The average molecular weight is 293 g/mol. The van der Waals surface area contributed by atoms with Gasteiger partial charge in [0.05, 0.1) is 5.60 Å². The van der Waals surface area contributed by atoms with Crippen LogP contribution in [0.2, 0.25) is 0 Å². The van der Waals surface area contributed by atoms with E-state index in [2.05, 4.69) is 0 Å². The minimum Gasteiger partial charge on any atom is -0.389 e. The van der Waals surface area contributed by atoms with Crippen molar-refractivity contribution in [2.45, 2.75) is 31.3 Å². The van der Waals surface area contributed by atoms with Gasteiger partial charge in [0.25, 0.3) is 0 Å². The van der Waals surface area contributed by atoms with Gasteiger partial charge in [-0.1, -0.05) is 19.9 Å². The van der Waals surface area contributed by atoms with Crippen LogP contribution in [-0.2, 0) is 10.0 Å². The van der Waals surface area contributed by atoms with Crippen LogP contribution < -0.4 is 4.72 Å². The molecule has 0 heterocycles. The summed E-state index contributed by atoms with van der Waals surface area (Å²) in [6, 6.07) is 2.80. The maximum Gasteiger partial charge on any atom is 0.246 e. The van der Waals surface area contributed by atoms with Crippen molar-refractivity contribution in [1.29, 1.82) is 0 Å². The van der Waals surface area contributed by atoms with Gasteiger partial charge in [0.1, 0.15) is 11.6 Å². The number of halogens is 2. The number of aliphatic hydroxyl groups is 1. The van der Waals surface area contributed by atoms with Crippen LogP contribution in [0, 0.1) is 17.6 Å². The van der Waals surface area contributed by atoms with Crippen molar-refractivity contribution < 1.29 is 22.3 Å². The summed E-state index contributed by atoms with van der Waals surface area (Å²) in [5.74, 6) is -2.56. The molecule has 2 N–H and O–H groups in total. The Morgan fingerprint density at radius 3 is 2.21 bits per heavy atom. The van der Waals surface area contributed by atoms with Crippen LogP contribution in [0.1, 0.15) is 20.8 Å². The predicted molar refractivity (Wildman–Crippen MR) is 67.0 cm³/mol. The van der Waals surface area contributed by atoms with E-state index < -0.39 is 32.2 Å². The summed E-state index contributed by atoms with van der Waals surface area (Å²) in [4.78, 5) is -1.03. The molecule has 19 heavy (non-hydrogen) atoms. The van der Waals surface area contributed by atoms with Gasteiger partial charge in [0.15, 0.2) is 4.90 Å². The van der Waals surface area contributed by atoms with Crippen LogP contribution in [0.4, 0.5) is 8.78 Å². The molecule has 0 aliphatic rings. The number of rotatable bonds is 5. The van der Waals surface area contributed by atoms with Crippen molar-refractivity contribution in [3.05, 3.63) is 29.8 Å². The molecule has 0 aliphatic heterocycles. The Hall–Kier alpha value is -1.05. The molecule has 0 spiro atoms. The first-order valence-corrected chi connectivity index (χ1v) is 7.22. The van der Waals surface area contributed by atoms with Gasteiger partial charge in [-0.2, -0.15) is 0 Å². The summed E-state index contributed by atoms with van der Waals surface area (Å²) in [5, 5.41) is 9.93. The Morgan fingerprint density at radius 2 is 1.79 bits per heavy atom. The Morgan fingerprint density at radius 1 is 1.32 bits per heavy atom. The Labute approximate surface area is 111 Å². The molecular weight excluding hydrogens is 276 g/mol. The lowest BCUT2D eigenvalue weighted by Crippen LogP contribution is -2.44. The molecule has 1 unspecified atom stereocenters. The van der Waals surface area contributed by atoms with Gasteiger partial charge < -0.3 is 5.11 Å². The van der Waals surface area contributed by atoms with E-state index in [9.17, 15) is 22.3 Å². The molecule has 0 saturated heterocycles. The van der Waals surface area contributed by atoms with Crippen molar-refractivity contribution in [2.24, 2.45) is 5.92 Å². The number of hydrogen-bond donors (Lipinski definition) is 2. The van der Waals surface area contributed by atoms with Crippen molar-refractivity contribution in [2.75, 3.05) is 6.54 Å². The highest BCUT2D eigenvalue weighted by molar-refractivity contribution is 7.89. The van der Waals surface area contributed by atoms with Crippen molar-refractivity contribution in [3.8, 4) is 0 Å². The minimum absolute atomic E-state index is 0.222.